The summed E-state index contributed by atoms with van der Waals surface area (Å²) in [5, 5.41) is 4.37. The highest BCUT2D eigenvalue weighted by atomic mass is 79.9. The van der Waals surface area contributed by atoms with Crippen LogP contribution < -0.4 is 5.32 Å². The first-order valence-electron chi connectivity index (χ1n) is 7.34. The van der Waals surface area contributed by atoms with Crippen molar-refractivity contribution in [3.8, 4) is 10.6 Å². The normalized spacial score (nSPS) is 14.6. The van der Waals surface area contributed by atoms with Crippen molar-refractivity contribution in [1.82, 2.24) is 10.3 Å². The SMILES string of the molecule is CCCNCc1sc(-c2cc(F)cc(Br)c2)nc1C1CC1. The topological polar surface area (TPSA) is 24.9 Å². The molecule has 0 saturated heterocycles. The summed E-state index contributed by atoms with van der Waals surface area (Å²) in [6.45, 7) is 4.05. The molecule has 1 aliphatic carbocycles. The maximum absolute atomic E-state index is 13.6. The van der Waals surface area contributed by atoms with Crippen LogP contribution in [0.5, 0.6) is 0 Å². The Morgan fingerprint density at radius 3 is 2.86 bits per heavy atom. The van der Waals surface area contributed by atoms with Crippen LogP contribution in [0, 0.1) is 5.82 Å². The molecule has 1 aromatic heterocycles. The predicted octanol–water partition coefficient (Wildman–Crippen LogP) is 5.09. The lowest BCUT2D eigenvalue weighted by molar-refractivity contribution is 0.627. The third kappa shape index (κ3) is 3.71. The molecule has 1 aromatic carbocycles. The standard InChI is InChI=1S/C16H18BrFN2S/c1-2-5-19-9-14-15(10-3-4-10)20-16(21-14)11-6-12(17)8-13(18)7-11/h6-8,10,19H,2-5,9H2,1H3. The summed E-state index contributed by atoms with van der Waals surface area (Å²) >= 11 is 5.04. The molecule has 1 aliphatic rings. The zero-order valence-electron chi connectivity index (χ0n) is 12.0. The number of aromatic nitrogens is 1. The second-order valence-electron chi connectivity index (χ2n) is 5.44. The van der Waals surface area contributed by atoms with E-state index in [1.165, 1.54) is 29.5 Å². The summed E-state index contributed by atoms with van der Waals surface area (Å²) in [5.74, 6) is 0.388. The van der Waals surface area contributed by atoms with E-state index in [1.54, 1.807) is 17.4 Å². The average Bonchev–Trinajstić information content (AvgIpc) is 3.19. The number of nitrogens with one attached hydrogen (secondary N) is 1. The van der Waals surface area contributed by atoms with Crippen LogP contribution in [0.1, 0.15) is 42.7 Å². The molecule has 0 radical (unpaired) electrons. The van der Waals surface area contributed by atoms with Gasteiger partial charge in [-0.2, -0.15) is 0 Å². The molecule has 5 heteroatoms. The zero-order valence-corrected chi connectivity index (χ0v) is 14.4. The zero-order chi connectivity index (χ0) is 14.8. The molecule has 1 saturated carbocycles. The van der Waals surface area contributed by atoms with Crippen LogP contribution in [0.15, 0.2) is 22.7 Å². The fourth-order valence-corrected chi connectivity index (χ4v) is 3.91. The van der Waals surface area contributed by atoms with Crippen LogP contribution in [0.25, 0.3) is 10.6 Å². The van der Waals surface area contributed by atoms with E-state index in [9.17, 15) is 4.39 Å². The average molecular weight is 369 g/mol. The Kier molecular flexibility index (Phi) is 4.72. The number of rotatable bonds is 6. The Morgan fingerprint density at radius 1 is 1.38 bits per heavy atom. The molecule has 21 heavy (non-hydrogen) atoms. The predicted molar refractivity (Wildman–Crippen MR) is 89.2 cm³/mol. The minimum atomic E-state index is -0.229. The fraction of sp³-hybridized carbons (Fsp3) is 0.438. The van der Waals surface area contributed by atoms with E-state index >= 15 is 0 Å². The summed E-state index contributed by atoms with van der Waals surface area (Å²) in [5.41, 5.74) is 2.08. The van der Waals surface area contributed by atoms with Gasteiger partial charge in [0, 0.05) is 27.4 Å². The number of hydrogen-bond acceptors (Lipinski definition) is 3. The van der Waals surface area contributed by atoms with Crippen LogP contribution in [0.4, 0.5) is 4.39 Å². The minimum absolute atomic E-state index is 0.229. The van der Waals surface area contributed by atoms with Crippen molar-refractivity contribution in [2.45, 2.75) is 38.6 Å². The molecule has 2 nitrogen and oxygen atoms in total. The van der Waals surface area contributed by atoms with Crippen molar-refractivity contribution in [2.75, 3.05) is 6.54 Å². The van der Waals surface area contributed by atoms with Crippen molar-refractivity contribution in [3.05, 3.63) is 39.1 Å². The van der Waals surface area contributed by atoms with Gasteiger partial charge in [0.1, 0.15) is 10.8 Å². The molecule has 112 valence electrons. The number of benzene rings is 1. The van der Waals surface area contributed by atoms with Crippen molar-refractivity contribution in [1.29, 1.82) is 0 Å². The summed E-state index contributed by atoms with van der Waals surface area (Å²) in [6.07, 6.45) is 3.59. The lowest BCUT2D eigenvalue weighted by Gasteiger charge is -2.01. The molecule has 0 atom stereocenters. The first-order chi connectivity index (χ1) is 10.2. The highest BCUT2D eigenvalue weighted by Crippen LogP contribution is 2.44. The van der Waals surface area contributed by atoms with Crippen LogP contribution >= 0.6 is 27.3 Å². The van der Waals surface area contributed by atoms with Gasteiger partial charge in [0.05, 0.1) is 5.69 Å². The van der Waals surface area contributed by atoms with Crippen LogP contribution in [0.2, 0.25) is 0 Å². The first-order valence-corrected chi connectivity index (χ1v) is 8.95. The quantitative estimate of drug-likeness (QED) is 0.718. The molecule has 1 fully saturated rings. The molecule has 1 heterocycles. The number of nitrogens with zero attached hydrogens (tertiary/aromatic N) is 1. The van der Waals surface area contributed by atoms with E-state index in [1.807, 2.05) is 6.07 Å². The van der Waals surface area contributed by atoms with Crippen LogP contribution in [0.3, 0.4) is 0 Å². The minimum Gasteiger partial charge on any atom is -0.312 e. The monoisotopic (exact) mass is 368 g/mol. The first kappa shape index (κ1) is 15.1. The molecule has 1 N–H and O–H groups in total. The molecule has 3 rings (SSSR count). The maximum Gasteiger partial charge on any atom is 0.125 e. The fourth-order valence-electron chi connectivity index (χ4n) is 2.35. The van der Waals surface area contributed by atoms with E-state index in [0.29, 0.717) is 5.92 Å². The molecular formula is C16H18BrFN2S. The van der Waals surface area contributed by atoms with Gasteiger partial charge in [-0.1, -0.05) is 22.9 Å². The van der Waals surface area contributed by atoms with Crippen molar-refractivity contribution in [3.63, 3.8) is 0 Å². The van der Waals surface area contributed by atoms with Gasteiger partial charge < -0.3 is 5.32 Å². The van der Waals surface area contributed by atoms with Crippen molar-refractivity contribution >= 4 is 27.3 Å². The molecule has 0 spiro atoms. The van der Waals surface area contributed by atoms with E-state index < -0.39 is 0 Å². The van der Waals surface area contributed by atoms with Crippen molar-refractivity contribution < 1.29 is 4.39 Å². The number of halogens is 2. The van der Waals surface area contributed by atoms with Gasteiger partial charge in [-0.25, -0.2) is 9.37 Å². The van der Waals surface area contributed by atoms with E-state index in [-0.39, 0.29) is 5.82 Å². The van der Waals surface area contributed by atoms with Gasteiger partial charge in [0.15, 0.2) is 0 Å². The largest absolute Gasteiger partial charge is 0.312 e. The van der Waals surface area contributed by atoms with E-state index in [2.05, 4.69) is 28.2 Å². The molecule has 2 aromatic rings. The molecule has 0 amide bonds. The van der Waals surface area contributed by atoms with E-state index in [0.717, 1.165) is 34.6 Å². The second-order valence-corrected chi connectivity index (χ2v) is 7.44. The van der Waals surface area contributed by atoms with Crippen LogP contribution in [-0.2, 0) is 6.54 Å². The third-order valence-corrected chi connectivity index (χ3v) is 5.09. The van der Waals surface area contributed by atoms with Gasteiger partial charge in [-0.15, -0.1) is 11.3 Å². The number of hydrogen-bond donors (Lipinski definition) is 1. The molecule has 0 unspecified atom stereocenters. The maximum atomic E-state index is 13.6. The van der Waals surface area contributed by atoms with Gasteiger partial charge in [-0.3, -0.25) is 0 Å². The highest BCUT2D eigenvalue weighted by Gasteiger charge is 2.29. The summed E-state index contributed by atoms with van der Waals surface area (Å²) in [7, 11) is 0. The van der Waals surface area contributed by atoms with Crippen molar-refractivity contribution in [2.24, 2.45) is 0 Å². The molecular weight excluding hydrogens is 351 g/mol. The molecule has 0 bridgehead atoms. The second kappa shape index (κ2) is 6.55. The lowest BCUT2D eigenvalue weighted by atomic mass is 10.2. The highest BCUT2D eigenvalue weighted by molar-refractivity contribution is 9.10. The Hall–Kier alpha value is -0.780. The Bertz CT molecular complexity index is 617. The summed E-state index contributed by atoms with van der Waals surface area (Å²) in [4.78, 5) is 6.10. The van der Waals surface area contributed by atoms with E-state index in [4.69, 9.17) is 4.98 Å². The van der Waals surface area contributed by atoms with Gasteiger partial charge >= 0.3 is 0 Å². The smallest absolute Gasteiger partial charge is 0.125 e. The summed E-state index contributed by atoms with van der Waals surface area (Å²) < 4.78 is 14.3. The lowest BCUT2D eigenvalue weighted by Crippen LogP contribution is -2.13. The van der Waals surface area contributed by atoms with Gasteiger partial charge in [-0.05, 0) is 44.0 Å². The third-order valence-electron chi connectivity index (χ3n) is 3.51. The Morgan fingerprint density at radius 2 is 2.19 bits per heavy atom. The van der Waals surface area contributed by atoms with Gasteiger partial charge in [0.25, 0.3) is 0 Å². The van der Waals surface area contributed by atoms with Crippen LogP contribution in [-0.4, -0.2) is 11.5 Å². The Balaban J connectivity index is 1.90. The Labute approximate surface area is 136 Å². The molecule has 0 aliphatic heterocycles. The number of thiazole rings is 1. The van der Waals surface area contributed by atoms with Gasteiger partial charge in [0.2, 0.25) is 0 Å². The summed E-state index contributed by atoms with van der Waals surface area (Å²) in [6, 6.07) is 4.97.